The molecule has 0 aliphatic heterocycles. The number of carboxylic acids is 1. The number of hydrogen-bond donors (Lipinski definition) is 3. The molecule has 0 aliphatic carbocycles. The summed E-state index contributed by atoms with van der Waals surface area (Å²) in [6, 6.07) is 8.69. The Balaban J connectivity index is 2.29. The normalized spacial score (nSPS) is 10.2. The van der Waals surface area contributed by atoms with Gasteiger partial charge in [-0.3, -0.25) is 4.79 Å². The van der Waals surface area contributed by atoms with Crippen LogP contribution in [0, 0.1) is 0 Å². The number of anilines is 1. The monoisotopic (exact) mass is 369 g/mol. The zero-order valence-corrected chi connectivity index (χ0v) is 12.8. The molecule has 0 radical (unpaired) electrons. The third kappa shape index (κ3) is 3.34. The molecule has 0 bridgehead atoms. The average molecular weight is 371 g/mol. The van der Waals surface area contributed by atoms with E-state index in [4.69, 9.17) is 16.7 Å². The highest BCUT2D eigenvalue weighted by Crippen LogP contribution is 2.28. The molecule has 5 nitrogen and oxygen atoms in total. The smallest absolute Gasteiger partial charge is 0.339 e. The van der Waals surface area contributed by atoms with Gasteiger partial charge in [0.1, 0.15) is 5.56 Å². The number of carboxylic acid groups (broad SMARTS) is 1. The molecule has 0 heterocycles. The summed E-state index contributed by atoms with van der Waals surface area (Å²) in [7, 11) is 0. The second-order valence-corrected chi connectivity index (χ2v) is 5.35. The van der Waals surface area contributed by atoms with Gasteiger partial charge in [0.15, 0.2) is 5.75 Å². The summed E-state index contributed by atoms with van der Waals surface area (Å²) in [5.74, 6) is -2.29. The second-order valence-electron chi connectivity index (χ2n) is 4.09. The Morgan fingerprint density at radius 3 is 2.52 bits per heavy atom. The van der Waals surface area contributed by atoms with E-state index in [0.29, 0.717) is 9.50 Å². The molecule has 2 rings (SSSR count). The molecule has 3 N–H and O–H groups in total. The summed E-state index contributed by atoms with van der Waals surface area (Å²) in [4.78, 5) is 23.0. The first-order chi connectivity index (χ1) is 9.90. The van der Waals surface area contributed by atoms with Gasteiger partial charge in [-0.2, -0.15) is 0 Å². The van der Waals surface area contributed by atoms with E-state index in [9.17, 15) is 14.7 Å². The number of nitrogens with one attached hydrogen (secondary N) is 1. The Morgan fingerprint density at radius 2 is 1.90 bits per heavy atom. The maximum Gasteiger partial charge on any atom is 0.339 e. The van der Waals surface area contributed by atoms with Gasteiger partial charge in [0.05, 0.1) is 10.7 Å². The lowest BCUT2D eigenvalue weighted by Crippen LogP contribution is -2.12. The van der Waals surface area contributed by atoms with Gasteiger partial charge in [-0.1, -0.05) is 17.7 Å². The second kappa shape index (κ2) is 6.15. The van der Waals surface area contributed by atoms with E-state index in [-0.39, 0.29) is 16.8 Å². The van der Waals surface area contributed by atoms with Crippen molar-refractivity contribution in [3.63, 3.8) is 0 Å². The summed E-state index contributed by atoms with van der Waals surface area (Å²) in [5.41, 5.74) is 0.00362. The number of para-hydroxylation sites is 1. The van der Waals surface area contributed by atoms with E-state index in [1.807, 2.05) is 0 Å². The van der Waals surface area contributed by atoms with E-state index in [1.54, 1.807) is 12.1 Å². The number of benzene rings is 2. The molecule has 0 aromatic heterocycles. The van der Waals surface area contributed by atoms with Crippen LogP contribution in [0.25, 0.3) is 0 Å². The number of rotatable bonds is 3. The van der Waals surface area contributed by atoms with Crippen molar-refractivity contribution in [2.75, 3.05) is 5.32 Å². The Morgan fingerprint density at radius 1 is 1.19 bits per heavy atom. The lowest BCUT2D eigenvalue weighted by Gasteiger charge is -2.09. The standard InChI is InChI=1S/C14H9BrClNO4/c15-9-5-4-7(6-10(9)16)13(19)17-11-3-1-2-8(12(11)18)14(20)21/h1-6,18H,(H,17,19)(H,20,21). The van der Waals surface area contributed by atoms with E-state index in [0.717, 1.165) is 0 Å². The zero-order valence-electron chi connectivity index (χ0n) is 10.4. The summed E-state index contributed by atoms with van der Waals surface area (Å²) < 4.78 is 0.649. The van der Waals surface area contributed by atoms with Crippen LogP contribution >= 0.6 is 27.5 Å². The van der Waals surface area contributed by atoms with Gasteiger partial charge >= 0.3 is 5.97 Å². The van der Waals surface area contributed by atoms with Crippen molar-refractivity contribution in [2.45, 2.75) is 0 Å². The van der Waals surface area contributed by atoms with Gasteiger partial charge in [0.2, 0.25) is 0 Å². The van der Waals surface area contributed by atoms with Crippen LogP contribution in [0.15, 0.2) is 40.9 Å². The number of carbonyl (C=O) groups is 2. The van der Waals surface area contributed by atoms with Crippen LogP contribution in [0.1, 0.15) is 20.7 Å². The summed E-state index contributed by atoms with van der Waals surface area (Å²) in [6.45, 7) is 0. The molecule has 0 spiro atoms. The van der Waals surface area contributed by atoms with Crippen LogP contribution in [-0.4, -0.2) is 22.1 Å². The van der Waals surface area contributed by atoms with Gasteiger partial charge in [0.25, 0.3) is 5.91 Å². The maximum atomic E-state index is 12.1. The fraction of sp³-hybridized carbons (Fsp3) is 0. The van der Waals surface area contributed by atoms with E-state index >= 15 is 0 Å². The minimum absolute atomic E-state index is 0.0129. The van der Waals surface area contributed by atoms with Gasteiger partial charge in [0, 0.05) is 10.0 Å². The van der Waals surface area contributed by atoms with Crippen LogP contribution in [0.5, 0.6) is 5.75 Å². The first-order valence-corrected chi connectivity index (χ1v) is 6.89. The summed E-state index contributed by atoms with van der Waals surface area (Å²) in [6.07, 6.45) is 0. The van der Waals surface area contributed by atoms with Gasteiger partial charge in [-0.25, -0.2) is 4.79 Å². The largest absolute Gasteiger partial charge is 0.505 e. The Labute approximate surface area is 133 Å². The Kier molecular flexibility index (Phi) is 4.50. The molecule has 21 heavy (non-hydrogen) atoms. The van der Waals surface area contributed by atoms with Crippen molar-refractivity contribution in [1.29, 1.82) is 0 Å². The molecule has 0 saturated carbocycles. The van der Waals surface area contributed by atoms with Crippen molar-refractivity contribution in [1.82, 2.24) is 0 Å². The third-order valence-electron chi connectivity index (χ3n) is 2.70. The molecule has 0 saturated heterocycles. The van der Waals surface area contributed by atoms with Crippen molar-refractivity contribution in [3.8, 4) is 5.75 Å². The minimum atomic E-state index is -1.28. The lowest BCUT2D eigenvalue weighted by atomic mass is 10.1. The topological polar surface area (TPSA) is 86.6 Å². The summed E-state index contributed by atoms with van der Waals surface area (Å²) >= 11 is 9.12. The van der Waals surface area contributed by atoms with Crippen molar-refractivity contribution < 1.29 is 19.8 Å². The highest BCUT2D eigenvalue weighted by atomic mass is 79.9. The number of amides is 1. The molecule has 2 aromatic rings. The lowest BCUT2D eigenvalue weighted by molar-refractivity contribution is 0.0693. The highest BCUT2D eigenvalue weighted by Gasteiger charge is 2.15. The maximum absolute atomic E-state index is 12.1. The average Bonchev–Trinajstić information content (AvgIpc) is 2.43. The van der Waals surface area contributed by atoms with Crippen LogP contribution in [-0.2, 0) is 0 Å². The molecule has 7 heteroatoms. The molecule has 1 amide bonds. The van der Waals surface area contributed by atoms with Gasteiger partial charge in [-0.15, -0.1) is 0 Å². The van der Waals surface area contributed by atoms with Gasteiger partial charge < -0.3 is 15.5 Å². The number of carbonyl (C=O) groups excluding carboxylic acids is 1. The zero-order chi connectivity index (χ0) is 15.6. The molecule has 0 aliphatic rings. The number of halogens is 2. The number of hydrogen-bond acceptors (Lipinski definition) is 3. The molecular weight excluding hydrogens is 362 g/mol. The SMILES string of the molecule is O=C(Nc1cccc(C(=O)O)c1O)c1ccc(Br)c(Cl)c1. The molecule has 0 fully saturated rings. The van der Waals surface area contributed by atoms with Crippen molar-refractivity contribution >= 4 is 45.1 Å². The van der Waals surface area contributed by atoms with Crippen molar-refractivity contribution in [3.05, 3.63) is 57.0 Å². The molecule has 0 atom stereocenters. The van der Waals surface area contributed by atoms with Crippen LogP contribution in [0.2, 0.25) is 5.02 Å². The van der Waals surface area contributed by atoms with Crippen LogP contribution in [0.3, 0.4) is 0 Å². The third-order valence-corrected chi connectivity index (χ3v) is 3.93. The number of aromatic hydroxyl groups is 1. The van der Waals surface area contributed by atoms with Gasteiger partial charge in [-0.05, 0) is 46.3 Å². The van der Waals surface area contributed by atoms with Crippen LogP contribution < -0.4 is 5.32 Å². The Bertz CT molecular complexity index is 733. The van der Waals surface area contributed by atoms with Crippen molar-refractivity contribution in [2.24, 2.45) is 0 Å². The predicted molar refractivity (Wildman–Crippen MR) is 82.2 cm³/mol. The molecule has 0 unspecified atom stereocenters. The van der Waals surface area contributed by atoms with E-state index in [1.165, 1.54) is 24.3 Å². The molecule has 108 valence electrons. The fourth-order valence-corrected chi connectivity index (χ4v) is 2.08. The first kappa shape index (κ1) is 15.3. The number of phenols is 1. The van der Waals surface area contributed by atoms with E-state index in [2.05, 4.69) is 21.2 Å². The first-order valence-electron chi connectivity index (χ1n) is 5.72. The minimum Gasteiger partial charge on any atom is -0.505 e. The molecule has 2 aromatic carbocycles. The number of aromatic carboxylic acids is 1. The molecular formula is C14H9BrClNO4. The summed E-state index contributed by atoms with van der Waals surface area (Å²) in [5, 5.41) is 21.5. The predicted octanol–water partition coefficient (Wildman–Crippen LogP) is 3.76. The highest BCUT2D eigenvalue weighted by molar-refractivity contribution is 9.10. The van der Waals surface area contributed by atoms with E-state index < -0.39 is 17.6 Å². The fourth-order valence-electron chi connectivity index (χ4n) is 1.65. The quantitative estimate of drug-likeness (QED) is 0.718. The van der Waals surface area contributed by atoms with Crippen LogP contribution in [0.4, 0.5) is 5.69 Å². The Hall–Kier alpha value is -2.05.